The third kappa shape index (κ3) is 1.18. The van der Waals surface area contributed by atoms with Gasteiger partial charge in [-0.1, -0.05) is 12.8 Å². The maximum absolute atomic E-state index is 11.8. The van der Waals surface area contributed by atoms with Crippen molar-refractivity contribution in [1.29, 1.82) is 0 Å². The molecule has 3 atom stereocenters. The zero-order valence-electron chi connectivity index (χ0n) is 8.33. The lowest BCUT2D eigenvalue weighted by atomic mass is 9.65. The number of cyclic esters (lactones) is 1. The van der Waals surface area contributed by atoms with Crippen molar-refractivity contribution in [3.05, 3.63) is 0 Å². The van der Waals surface area contributed by atoms with Crippen LogP contribution >= 0.6 is 0 Å². The molecule has 0 aromatic heterocycles. The van der Waals surface area contributed by atoms with E-state index in [2.05, 4.69) is 0 Å². The summed E-state index contributed by atoms with van der Waals surface area (Å²) in [7, 11) is 0. The molecule has 1 saturated carbocycles. The average molecular weight is 196 g/mol. The second-order valence-electron chi connectivity index (χ2n) is 4.86. The highest BCUT2D eigenvalue weighted by molar-refractivity contribution is 5.79. The summed E-state index contributed by atoms with van der Waals surface area (Å²) >= 11 is 0. The van der Waals surface area contributed by atoms with E-state index in [0.29, 0.717) is 18.6 Å². The number of rotatable bonds is 2. The van der Waals surface area contributed by atoms with Gasteiger partial charge in [0, 0.05) is 5.92 Å². The molecule has 0 aromatic carbocycles. The molecule has 1 aliphatic carbocycles. The topological polar surface area (TPSA) is 38.8 Å². The number of esters is 1. The number of ether oxygens (including phenoxy) is 2. The molecule has 3 heteroatoms. The highest BCUT2D eigenvalue weighted by Gasteiger charge is 2.55. The lowest BCUT2D eigenvalue weighted by Gasteiger charge is -2.34. The summed E-state index contributed by atoms with van der Waals surface area (Å²) in [5, 5.41) is 0. The molecule has 0 amide bonds. The van der Waals surface area contributed by atoms with Crippen LogP contribution in [0.15, 0.2) is 0 Å². The van der Waals surface area contributed by atoms with E-state index in [1.807, 2.05) is 0 Å². The van der Waals surface area contributed by atoms with Crippen LogP contribution in [0.1, 0.15) is 32.1 Å². The summed E-state index contributed by atoms with van der Waals surface area (Å²) < 4.78 is 10.5. The fourth-order valence-electron chi connectivity index (χ4n) is 3.09. The van der Waals surface area contributed by atoms with Crippen LogP contribution in [0.5, 0.6) is 0 Å². The molecule has 2 aliphatic heterocycles. The molecule has 3 aliphatic rings. The standard InChI is InChI=1S/C11H16O3/c12-10-11(5-9-7-13-9)4-2-1-3-8(11)6-14-10/h8-9H,1-7H2/t8-,9+,11+/m0/s1. The zero-order valence-corrected chi connectivity index (χ0v) is 8.33. The maximum atomic E-state index is 11.8. The van der Waals surface area contributed by atoms with Crippen molar-refractivity contribution in [3.8, 4) is 0 Å². The highest BCUT2D eigenvalue weighted by Crippen LogP contribution is 2.50. The van der Waals surface area contributed by atoms with Gasteiger partial charge in [-0.3, -0.25) is 4.79 Å². The molecule has 78 valence electrons. The van der Waals surface area contributed by atoms with Crippen molar-refractivity contribution < 1.29 is 14.3 Å². The number of carbonyl (C=O) groups is 1. The Labute approximate surface area is 83.8 Å². The van der Waals surface area contributed by atoms with E-state index in [-0.39, 0.29) is 11.4 Å². The molecular weight excluding hydrogens is 180 g/mol. The van der Waals surface area contributed by atoms with Gasteiger partial charge in [0.1, 0.15) is 0 Å². The zero-order chi connectivity index (χ0) is 9.60. The van der Waals surface area contributed by atoms with Gasteiger partial charge in [0.05, 0.1) is 24.7 Å². The Hall–Kier alpha value is -0.570. The summed E-state index contributed by atoms with van der Waals surface area (Å²) in [6.07, 6.45) is 5.89. The molecule has 0 spiro atoms. The quantitative estimate of drug-likeness (QED) is 0.496. The van der Waals surface area contributed by atoms with Gasteiger partial charge in [-0.2, -0.15) is 0 Å². The molecule has 0 N–H and O–H groups in total. The summed E-state index contributed by atoms with van der Waals surface area (Å²) in [4.78, 5) is 11.8. The lowest BCUT2D eigenvalue weighted by molar-refractivity contribution is -0.148. The first-order chi connectivity index (χ1) is 6.81. The molecule has 2 heterocycles. The van der Waals surface area contributed by atoms with E-state index in [0.717, 1.165) is 19.4 Å². The second kappa shape index (κ2) is 2.96. The minimum absolute atomic E-state index is 0.0534. The molecule has 3 nitrogen and oxygen atoms in total. The first kappa shape index (κ1) is 8.72. The Morgan fingerprint density at radius 3 is 3.00 bits per heavy atom. The van der Waals surface area contributed by atoms with Crippen molar-refractivity contribution in [1.82, 2.24) is 0 Å². The molecule has 14 heavy (non-hydrogen) atoms. The Bertz CT molecular complexity index is 259. The van der Waals surface area contributed by atoms with Gasteiger partial charge in [0.2, 0.25) is 0 Å². The highest BCUT2D eigenvalue weighted by atomic mass is 16.6. The molecule has 0 aromatic rings. The van der Waals surface area contributed by atoms with Crippen LogP contribution in [0.25, 0.3) is 0 Å². The van der Waals surface area contributed by atoms with Gasteiger partial charge in [-0.05, 0) is 19.3 Å². The van der Waals surface area contributed by atoms with E-state index >= 15 is 0 Å². The van der Waals surface area contributed by atoms with Gasteiger partial charge in [-0.15, -0.1) is 0 Å². The van der Waals surface area contributed by atoms with Gasteiger partial charge in [0.15, 0.2) is 0 Å². The van der Waals surface area contributed by atoms with E-state index in [9.17, 15) is 4.79 Å². The van der Waals surface area contributed by atoms with Crippen molar-refractivity contribution in [3.63, 3.8) is 0 Å². The molecule has 0 bridgehead atoms. The van der Waals surface area contributed by atoms with Gasteiger partial charge in [-0.25, -0.2) is 0 Å². The smallest absolute Gasteiger partial charge is 0.312 e. The first-order valence-electron chi connectivity index (χ1n) is 5.60. The first-order valence-corrected chi connectivity index (χ1v) is 5.60. The third-order valence-electron chi connectivity index (χ3n) is 4.02. The lowest BCUT2D eigenvalue weighted by Crippen LogP contribution is -2.37. The van der Waals surface area contributed by atoms with Crippen LogP contribution in [0.4, 0.5) is 0 Å². The fraction of sp³-hybridized carbons (Fsp3) is 0.909. The molecule has 3 rings (SSSR count). The van der Waals surface area contributed by atoms with Crippen LogP contribution in [-0.4, -0.2) is 25.3 Å². The predicted octanol–water partition coefficient (Wildman–Crippen LogP) is 1.51. The number of epoxide rings is 1. The van der Waals surface area contributed by atoms with Gasteiger partial charge in [0.25, 0.3) is 0 Å². The number of hydrogen-bond acceptors (Lipinski definition) is 3. The average Bonchev–Trinajstić information content (AvgIpc) is 2.94. The van der Waals surface area contributed by atoms with Crippen molar-refractivity contribution in [2.24, 2.45) is 11.3 Å². The number of fused-ring (bicyclic) bond motifs is 1. The summed E-state index contributed by atoms with van der Waals surface area (Å²) in [6.45, 7) is 1.51. The largest absolute Gasteiger partial charge is 0.465 e. The van der Waals surface area contributed by atoms with Gasteiger partial charge >= 0.3 is 5.97 Å². The van der Waals surface area contributed by atoms with Crippen LogP contribution in [0.3, 0.4) is 0 Å². The Balaban J connectivity index is 1.84. The Morgan fingerprint density at radius 1 is 1.36 bits per heavy atom. The van der Waals surface area contributed by atoms with E-state index < -0.39 is 0 Å². The SMILES string of the molecule is O=C1OC[C@@H]2CCCC[C@]12C[C@@H]1CO1. The van der Waals surface area contributed by atoms with Crippen LogP contribution in [0, 0.1) is 11.3 Å². The maximum Gasteiger partial charge on any atom is 0.312 e. The number of carbonyl (C=O) groups excluding carboxylic acids is 1. The molecule has 2 saturated heterocycles. The van der Waals surface area contributed by atoms with Crippen LogP contribution in [-0.2, 0) is 14.3 Å². The summed E-state index contributed by atoms with van der Waals surface area (Å²) in [5.41, 5.74) is -0.153. The molecule has 0 radical (unpaired) electrons. The van der Waals surface area contributed by atoms with Crippen LogP contribution in [0.2, 0.25) is 0 Å². The summed E-state index contributed by atoms with van der Waals surface area (Å²) in [5.74, 6) is 0.533. The minimum atomic E-state index is -0.153. The summed E-state index contributed by atoms with van der Waals surface area (Å²) in [6, 6.07) is 0. The Morgan fingerprint density at radius 2 is 2.21 bits per heavy atom. The van der Waals surface area contributed by atoms with Crippen molar-refractivity contribution in [2.45, 2.75) is 38.2 Å². The normalized spacial score (nSPS) is 45.9. The molecule has 3 fully saturated rings. The van der Waals surface area contributed by atoms with Crippen molar-refractivity contribution in [2.75, 3.05) is 13.2 Å². The van der Waals surface area contributed by atoms with Crippen molar-refractivity contribution >= 4 is 5.97 Å². The fourth-order valence-corrected chi connectivity index (χ4v) is 3.09. The van der Waals surface area contributed by atoms with Crippen LogP contribution < -0.4 is 0 Å². The minimum Gasteiger partial charge on any atom is -0.465 e. The Kier molecular flexibility index (Phi) is 1.84. The second-order valence-corrected chi connectivity index (χ2v) is 4.86. The number of hydrogen-bond donors (Lipinski definition) is 0. The molecular formula is C11H16O3. The molecule has 0 unspecified atom stereocenters. The van der Waals surface area contributed by atoms with E-state index in [4.69, 9.17) is 9.47 Å². The third-order valence-corrected chi connectivity index (χ3v) is 4.02. The van der Waals surface area contributed by atoms with Gasteiger partial charge < -0.3 is 9.47 Å². The van der Waals surface area contributed by atoms with E-state index in [1.165, 1.54) is 19.3 Å². The van der Waals surface area contributed by atoms with E-state index in [1.54, 1.807) is 0 Å². The predicted molar refractivity (Wildman–Crippen MR) is 49.7 cm³/mol. The monoisotopic (exact) mass is 196 g/mol.